The molecule has 1 aliphatic heterocycles. The molecule has 1 aliphatic rings. The van der Waals surface area contributed by atoms with Crippen molar-refractivity contribution in [2.45, 2.75) is 19.4 Å². The Morgan fingerprint density at radius 2 is 2.06 bits per heavy atom. The second-order valence-corrected chi connectivity index (χ2v) is 4.61. The molecule has 1 aromatic carbocycles. The molecule has 2 rings (SSSR count). The summed E-state index contributed by atoms with van der Waals surface area (Å²) in [4.78, 5) is 13.6. The molecule has 0 atom stereocenters. The maximum Gasteiger partial charge on any atom is 0.254 e. The lowest BCUT2D eigenvalue weighted by atomic mass is 9.95. The maximum atomic E-state index is 12.0. The fourth-order valence-electron chi connectivity index (χ4n) is 1.95. The van der Waals surface area contributed by atoms with Gasteiger partial charge in [0.15, 0.2) is 0 Å². The number of phenolic OH excluding ortho intramolecular Hbond substituents is 1. The van der Waals surface area contributed by atoms with Crippen molar-refractivity contribution in [3.05, 3.63) is 29.3 Å². The van der Waals surface area contributed by atoms with E-state index >= 15 is 0 Å². The molecule has 0 radical (unpaired) electrons. The third-order valence-electron chi connectivity index (χ3n) is 2.89. The van der Waals surface area contributed by atoms with Gasteiger partial charge in [-0.2, -0.15) is 0 Å². The number of carbonyl (C=O) groups is 1. The predicted molar refractivity (Wildman–Crippen MR) is 59.4 cm³/mol. The number of nitrogens with zero attached hydrogens (tertiary/aromatic N) is 1. The highest BCUT2D eigenvalue weighted by Crippen LogP contribution is 2.26. The number of aliphatic hydroxyl groups is 1. The van der Waals surface area contributed by atoms with Crippen LogP contribution in [0, 0.1) is 6.92 Å². The number of β-amino-alcohol motifs (C(OH)–C–C–N with tert-alkyl or cyclic N) is 1. The number of amides is 1. The maximum absolute atomic E-state index is 12.0. The van der Waals surface area contributed by atoms with Crippen molar-refractivity contribution >= 4 is 5.91 Å². The Kier molecular flexibility index (Phi) is 2.39. The van der Waals surface area contributed by atoms with E-state index < -0.39 is 5.60 Å². The van der Waals surface area contributed by atoms with Crippen LogP contribution >= 0.6 is 0 Å². The van der Waals surface area contributed by atoms with Crippen LogP contribution in [0.3, 0.4) is 0 Å². The normalized spacial score (nSPS) is 18.1. The van der Waals surface area contributed by atoms with Crippen LogP contribution in [0.2, 0.25) is 0 Å². The van der Waals surface area contributed by atoms with Crippen molar-refractivity contribution in [2.24, 2.45) is 0 Å². The van der Waals surface area contributed by atoms with Gasteiger partial charge in [0.25, 0.3) is 5.91 Å². The zero-order chi connectivity index (χ0) is 11.9. The van der Waals surface area contributed by atoms with Crippen LogP contribution in [0.5, 0.6) is 5.75 Å². The molecule has 16 heavy (non-hydrogen) atoms. The van der Waals surface area contributed by atoms with Gasteiger partial charge in [-0.15, -0.1) is 0 Å². The first kappa shape index (κ1) is 11.0. The van der Waals surface area contributed by atoms with Gasteiger partial charge in [-0.05, 0) is 26.0 Å². The average Bonchev–Trinajstić information content (AvgIpc) is 2.17. The van der Waals surface area contributed by atoms with E-state index in [1.807, 2.05) is 0 Å². The van der Waals surface area contributed by atoms with Crippen LogP contribution in [-0.4, -0.2) is 39.7 Å². The van der Waals surface area contributed by atoms with E-state index in [0.717, 1.165) is 0 Å². The minimum atomic E-state index is -0.764. The first-order valence-electron chi connectivity index (χ1n) is 5.21. The smallest absolute Gasteiger partial charge is 0.254 e. The second kappa shape index (κ2) is 3.49. The van der Waals surface area contributed by atoms with E-state index in [-0.39, 0.29) is 11.7 Å². The lowest BCUT2D eigenvalue weighted by molar-refractivity contribution is -0.0669. The molecule has 86 valence electrons. The molecular formula is C12H15NO3. The Morgan fingerprint density at radius 3 is 2.62 bits per heavy atom. The van der Waals surface area contributed by atoms with Crippen molar-refractivity contribution in [1.29, 1.82) is 0 Å². The minimum absolute atomic E-state index is 0.123. The Bertz CT molecular complexity index is 432. The summed E-state index contributed by atoms with van der Waals surface area (Å²) in [6, 6.07) is 4.89. The molecule has 0 saturated carbocycles. The van der Waals surface area contributed by atoms with Gasteiger partial charge in [-0.1, -0.05) is 6.07 Å². The van der Waals surface area contributed by atoms with E-state index in [0.29, 0.717) is 24.2 Å². The molecule has 0 bridgehead atoms. The van der Waals surface area contributed by atoms with Crippen LogP contribution in [0.1, 0.15) is 22.8 Å². The van der Waals surface area contributed by atoms with Crippen molar-refractivity contribution in [3.63, 3.8) is 0 Å². The summed E-state index contributed by atoms with van der Waals surface area (Å²) in [7, 11) is 0. The van der Waals surface area contributed by atoms with Gasteiger partial charge in [0.1, 0.15) is 5.75 Å². The number of aromatic hydroxyl groups is 1. The number of rotatable bonds is 1. The lowest BCUT2D eigenvalue weighted by Gasteiger charge is -2.44. The summed E-state index contributed by atoms with van der Waals surface area (Å²) in [5, 5.41) is 19.1. The van der Waals surface area contributed by atoms with Crippen molar-refractivity contribution in [1.82, 2.24) is 4.90 Å². The predicted octanol–water partition coefficient (Wildman–Crippen LogP) is 0.907. The van der Waals surface area contributed by atoms with Gasteiger partial charge in [-0.25, -0.2) is 0 Å². The summed E-state index contributed by atoms with van der Waals surface area (Å²) < 4.78 is 0. The average molecular weight is 221 g/mol. The monoisotopic (exact) mass is 221 g/mol. The number of hydrogen-bond acceptors (Lipinski definition) is 3. The zero-order valence-corrected chi connectivity index (χ0v) is 9.40. The molecule has 4 nitrogen and oxygen atoms in total. The van der Waals surface area contributed by atoms with E-state index in [4.69, 9.17) is 0 Å². The highest BCUT2D eigenvalue weighted by molar-refractivity contribution is 5.96. The molecule has 1 aromatic rings. The van der Waals surface area contributed by atoms with Crippen LogP contribution in [0.4, 0.5) is 0 Å². The number of phenols is 1. The van der Waals surface area contributed by atoms with Crippen LogP contribution in [0.15, 0.2) is 18.2 Å². The minimum Gasteiger partial charge on any atom is -0.508 e. The first-order valence-corrected chi connectivity index (χ1v) is 5.21. The van der Waals surface area contributed by atoms with E-state index in [1.54, 1.807) is 36.9 Å². The van der Waals surface area contributed by atoms with Gasteiger partial charge >= 0.3 is 0 Å². The Morgan fingerprint density at radius 1 is 1.44 bits per heavy atom. The van der Waals surface area contributed by atoms with Crippen molar-refractivity contribution in [3.8, 4) is 5.75 Å². The second-order valence-electron chi connectivity index (χ2n) is 4.61. The van der Waals surface area contributed by atoms with Crippen LogP contribution in [0.25, 0.3) is 0 Å². The van der Waals surface area contributed by atoms with Gasteiger partial charge in [0.05, 0.1) is 18.7 Å². The van der Waals surface area contributed by atoms with Gasteiger partial charge in [0, 0.05) is 11.1 Å². The van der Waals surface area contributed by atoms with Crippen LogP contribution < -0.4 is 0 Å². The Balaban J connectivity index is 2.20. The van der Waals surface area contributed by atoms with Crippen LogP contribution in [-0.2, 0) is 0 Å². The molecule has 0 aliphatic carbocycles. The molecule has 1 saturated heterocycles. The first-order chi connectivity index (χ1) is 7.41. The quantitative estimate of drug-likeness (QED) is 0.741. The molecule has 1 amide bonds. The highest BCUT2D eigenvalue weighted by atomic mass is 16.3. The summed E-state index contributed by atoms with van der Waals surface area (Å²) >= 11 is 0. The van der Waals surface area contributed by atoms with E-state index in [1.165, 1.54) is 0 Å². The standard InChI is InChI=1S/C12H15NO3/c1-8-9(4-3-5-10(8)14)11(15)13-6-12(2,16)7-13/h3-5,14,16H,6-7H2,1-2H3. The summed E-state index contributed by atoms with van der Waals surface area (Å²) in [5.41, 5.74) is 0.315. The van der Waals surface area contributed by atoms with E-state index in [9.17, 15) is 15.0 Å². The van der Waals surface area contributed by atoms with Gasteiger partial charge in [0.2, 0.25) is 0 Å². The number of carbonyl (C=O) groups excluding carboxylic acids is 1. The summed E-state index contributed by atoms with van der Waals surface area (Å²) in [5.74, 6) is -0.0157. The fraction of sp³-hybridized carbons (Fsp3) is 0.417. The molecule has 0 spiro atoms. The zero-order valence-electron chi connectivity index (χ0n) is 9.40. The molecule has 0 aromatic heterocycles. The SMILES string of the molecule is Cc1c(O)cccc1C(=O)N1CC(C)(O)C1. The third kappa shape index (κ3) is 1.76. The fourth-order valence-corrected chi connectivity index (χ4v) is 1.95. The van der Waals surface area contributed by atoms with Gasteiger partial charge < -0.3 is 15.1 Å². The molecule has 0 unspecified atom stereocenters. The molecule has 1 fully saturated rings. The molecular weight excluding hydrogens is 206 g/mol. The molecule has 1 heterocycles. The highest BCUT2D eigenvalue weighted by Gasteiger charge is 2.39. The lowest BCUT2D eigenvalue weighted by Crippen LogP contribution is -2.61. The van der Waals surface area contributed by atoms with Gasteiger partial charge in [-0.3, -0.25) is 4.79 Å². The Hall–Kier alpha value is -1.55. The topological polar surface area (TPSA) is 60.8 Å². The molecule has 2 N–H and O–H groups in total. The van der Waals surface area contributed by atoms with E-state index in [2.05, 4.69) is 0 Å². The number of benzene rings is 1. The third-order valence-corrected chi connectivity index (χ3v) is 2.89. The van der Waals surface area contributed by atoms with Crippen molar-refractivity contribution < 1.29 is 15.0 Å². The molecule has 4 heteroatoms. The van der Waals surface area contributed by atoms with Crippen molar-refractivity contribution in [2.75, 3.05) is 13.1 Å². The summed E-state index contributed by atoms with van der Waals surface area (Å²) in [6.07, 6.45) is 0. The number of likely N-dealkylation sites (tertiary alicyclic amines) is 1. The number of hydrogen-bond donors (Lipinski definition) is 2. The largest absolute Gasteiger partial charge is 0.508 e. The Labute approximate surface area is 94.1 Å². The summed E-state index contributed by atoms with van der Waals surface area (Å²) in [6.45, 7) is 4.11.